The highest BCUT2D eigenvalue weighted by Crippen LogP contribution is 2.42. The lowest BCUT2D eigenvalue weighted by atomic mass is 10.0. The minimum Gasteiger partial charge on any atom is -0.495 e. The Labute approximate surface area is 376 Å². The Morgan fingerprint density at radius 3 is 1.46 bits per heavy atom. The number of nitrogens with one attached hydrogen (secondary N) is 2. The molecule has 11 heteroatoms. The minimum absolute atomic E-state index is 0.0152. The summed E-state index contributed by atoms with van der Waals surface area (Å²) in [5.41, 5.74) is -1.03. The van der Waals surface area contributed by atoms with Crippen LogP contribution in [0.4, 0.5) is 0 Å². The molecule has 10 nitrogen and oxygen atoms in total. The second kappa shape index (κ2) is 41.3. The average molecular weight is 887 g/mol. The molecular formula is C50H99N2O8P. The van der Waals surface area contributed by atoms with Gasteiger partial charge in [-0.1, -0.05) is 194 Å². The van der Waals surface area contributed by atoms with Crippen molar-refractivity contribution >= 4 is 25.7 Å². The Hall–Kier alpha value is -1.42. The number of carbonyl (C=O) groups excluding carboxylic acids is 2. The van der Waals surface area contributed by atoms with Crippen LogP contribution in [-0.4, -0.2) is 80.8 Å². The Morgan fingerprint density at radius 1 is 0.623 bits per heavy atom. The van der Waals surface area contributed by atoms with Gasteiger partial charge in [0.05, 0.1) is 25.6 Å². The molecule has 0 aromatic rings. The molecule has 0 aliphatic rings. The second-order valence-electron chi connectivity index (χ2n) is 18.0. The first-order chi connectivity index (χ1) is 29.4. The number of hydrogen-bond acceptors (Lipinski definition) is 9. The van der Waals surface area contributed by atoms with Crippen LogP contribution in [0.25, 0.3) is 0 Å². The van der Waals surface area contributed by atoms with Crippen LogP contribution in [0.15, 0.2) is 12.3 Å². The van der Waals surface area contributed by atoms with Gasteiger partial charge >= 0.3 is 5.97 Å². The van der Waals surface area contributed by atoms with E-state index in [0.29, 0.717) is 18.8 Å². The lowest BCUT2D eigenvalue weighted by Crippen LogP contribution is -2.47. The maximum Gasteiger partial charge on any atom is 0.306 e. The quantitative estimate of drug-likeness (QED) is 0.0237. The smallest absolute Gasteiger partial charge is 0.306 e. The predicted molar refractivity (Wildman–Crippen MR) is 259 cm³/mol. The van der Waals surface area contributed by atoms with Crippen LogP contribution in [-0.2, 0) is 32.8 Å². The summed E-state index contributed by atoms with van der Waals surface area (Å²) in [6, 6.07) is 0.105. The molecule has 0 radical (unpaired) electrons. The van der Waals surface area contributed by atoms with E-state index in [4.69, 9.17) is 23.3 Å². The number of likely N-dealkylation sites (N-methyl/N-ethyl adjacent to an activating group) is 1. The first kappa shape index (κ1) is 59.6. The normalized spacial score (nSPS) is 13.8. The largest absolute Gasteiger partial charge is 0.495 e. The Balaban J connectivity index is 4.63. The van der Waals surface area contributed by atoms with Crippen LogP contribution in [0, 0.1) is 0 Å². The fourth-order valence-corrected chi connectivity index (χ4v) is 7.94. The van der Waals surface area contributed by atoms with Gasteiger partial charge in [0.1, 0.15) is 12.2 Å². The monoisotopic (exact) mass is 887 g/mol. The number of hydrogen-bond donors (Lipinski definition) is 3. The van der Waals surface area contributed by atoms with Crippen molar-refractivity contribution in [2.75, 3.05) is 40.0 Å². The van der Waals surface area contributed by atoms with Gasteiger partial charge in [-0.3, -0.25) is 9.59 Å². The number of allylic oxidation sites excluding steroid dienone is 1. The van der Waals surface area contributed by atoms with Gasteiger partial charge in [0.25, 0.3) is 5.91 Å². The molecule has 0 bridgehead atoms. The van der Waals surface area contributed by atoms with Crippen molar-refractivity contribution in [3.05, 3.63) is 12.3 Å². The van der Waals surface area contributed by atoms with Gasteiger partial charge in [0.2, 0.25) is 7.57 Å². The van der Waals surface area contributed by atoms with Crippen LogP contribution in [0.2, 0.25) is 0 Å². The average Bonchev–Trinajstić information content (AvgIpc) is 3.23. The number of unbranched alkanes of at least 4 members (excludes halogenated alkanes) is 27. The lowest BCUT2D eigenvalue weighted by Gasteiger charge is -2.26. The van der Waals surface area contributed by atoms with Crippen LogP contribution in [0.3, 0.4) is 0 Å². The third kappa shape index (κ3) is 39.9. The third-order valence-electron chi connectivity index (χ3n) is 11.4. The second-order valence-corrected chi connectivity index (χ2v) is 19.8. The maximum absolute atomic E-state index is 12.9. The molecule has 0 spiro atoms. The van der Waals surface area contributed by atoms with E-state index in [1.54, 1.807) is 13.8 Å². The van der Waals surface area contributed by atoms with E-state index < -0.39 is 19.3 Å². The lowest BCUT2D eigenvalue weighted by molar-refractivity contribution is -0.153. The van der Waals surface area contributed by atoms with Gasteiger partial charge in [0, 0.05) is 25.4 Å². The van der Waals surface area contributed by atoms with Crippen molar-refractivity contribution in [3.63, 3.8) is 0 Å². The Bertz CT molecular complexity index is 1090. The molecular weight excluding hydrogens is 788 g/mol. The Morgan fingerprint density at radius 2 is 1.03 bits per heavy atom. The van der Waals surface area contributed by atoms with E-state index in [1.165, 1.54) is 154 Å². The van der Waals surface area contributed by atoms with Gasteiger partial charge in [-0.05, 0) is 47.0 Å². The zero-order valence-corrected chi connectivity index (χ0v) is 41.7. The first-order valence-corrected chi connectivity index (χ1v) is 27.0. The topological polar surface area (TPSA) is 125 Å². The van der Waals surface area contributed by atoms with Crippen LogP contribution >= 0.6 is 7.57 Å². The van der Waals surface area contributed by atoms with E-state index in [2.05, 4.69) is 37.4 Å². The molecule has 3 atom stereocenters. The van der Waals surface area contributed by atoms with E-state index in [0.717, 1.165) is 38.5 Å². The summed E-state index contributed by atoms with van der Waals surface area (Å²) >= 11 is 0. The summed E-state index contributed by atoms with van der Waals surface area (Å²) in [4.78, 5) is 36.4. The van der Waals surface area contributed by atoms with E-state index in [9.17, 15) is 14.5 Å². The van der Waals surface area contributed by atoms with Crippen molar-refractivity contribution in [3.8, 4) is 0 Å². The zero-order chi connectivity index (χ0) is 45.3. The van der Waals surface area contributed by atoms with Gasteiger partial charge in [-0.15, -0.1) is 0 Å². The molecule has 0 aromatic carbocycles. The van der Waals surface area contributed by atoms with Gasteiger partial charge in [0.15, 0.2) is 6.10 Å². The standard InChI is InChI=1S/C50H99N2O8P/c1-9-11-13-15-17-19-21-23-25-27-29-31-33-35-37-39-48(53)60-47(43-56-46(4)38-36-34-32-30-28-26-24-22-20-18-16-14-12-10-2)44-59-61(8,55)58-41-40-52-49(54)50(5,6)57-42-45(3)51-7/h45,47,51,55H,4,8-44H2,1-3,5-7H3,(H,52,54)/t45?,47-,61?/m1/s1. The number of carbonyl (C=O) groups is 2. The molecule has 0 saturated heterocycles. The number of esters is 1. The van der Waals surface area contributed by atoms with Crippen molar-refractivity contribution in [2.45, 2.75) is 251 Å². The molecule has 0 aliphatic carbocycles. The summed E-state index contributed by atoms with van der Waals surface area (Å²) in [5.74, 6) is 0.0492. The molecule has 0 heterocycles. The van der Waals surface area contributed by atoms with Gasteiger partial charge < -0.3 is 38.8 Å². The molecule has 362 valence electrons. The highest BCUT2D eigenvalue weighted by molar-refractivity contribution is 7.58. The molecule has 0 fully saturated rings. The number of ether oxygens (including phenoxy) is 3. The van der Waals surface area contributed by atoms with Crippen molar-refractivity contribution in [1.29, 1.82) is 0 Å². The minimum atomic E-state index is -3.53. The number of amides is 1. The molecule has 61 heavy (non-hydrogen) atoms. The summed E-state index contributed by atoms with van der Waals surface area (Å²) in [7, 11) is -1.69. The van der Waals surface area contributed by atoms with E-state index in [-0.39, 0.29) is 44.3 Å². The summed E-state index contributed by atoms with van der Waals surface area (Å²) in [6.07, 6.45) is 41.3. The fraction of sp³-hybridized carbons (Fsp3) is 0.900. The molecule has 1 amide bonds. The molecule has 3 N–H and O–H groups in total. The number of rotatable bonds is 47. The predicted octanol–water partition coefficient (Wildman–Crippen LogP) is 13.3. The SMILES string of the molecule is C=C(CCCCCCCCCCCCCCCC)OC[C@H](COP(=C)(O)OCCNC(=O)C(C)(C)OCC(C)NC)OC(=O)CCCCCCCCCCCCCCCCC. The fourth-order valence-electron chi connectivity index (χ4n) is 7.09. The van der Waals surface area contributed by atoms with Crippen LogP contribution < -0.4 is 10.6 Å². The maximum atomic E-state index is 12.9. The van der Waals surface area contributed by atoms with Gasteiger partial charge in [-0.2, -0.15) is 0 Å². The van der Waals surface area contributed by atoms with Crippen LogP contribution in [0.5, 0.6) is 0 Å². The molecule has 0 aromatic heterocycles. The van der Waals surface area contributed by atoms with E-state index >= 15 is 0 Å². The molecule has 0 aliphatic heterocycles. The zero-order valence-electron chi connectivity index (χ0n) is 40.8. The van der Waals surface area contributed by atoms with Crippen LogP contribution in [0.1, 0.15) is 234 Å². The molecule has 0 saturated carbocycles. The highest BCUT2D eigenvalue weighted by Gasteiger charge is 2.29. The van der Waals surface area contributed by atoms with Gasteiger partial charge in [-0.25, -0.2) is 0 Å². The van der Waals surface area contributed by atoms with Crippen molar-refractivity contribution in [1.82, 2.24) is 10.6 Å². The Kier molecular flexibility index (Phi) is 40.3. The third-order valence-corrected chi connectivity index (χ3v) is 12.6. The van der Waals surface area contributed by atoms with E-state index in [1.807, 2.05) is 14.0 Å². The first-order valence-electron chi connectivity index (χ1n) is 25.2. The molecule has 0 rings (SSSR count). The summed E-state index contributed by atoms with van der Waals surface area (Å²) < 4.78 is 28.8. The van der Waals surface area contributed by atoms with Crippen molar-refractivity contribution in [2.24, 2.45) is 0 Å². The molecule has 2 unspecified atom stereocenters. The summed E-state index contributed by atoms with van der Waals surface area (Å²) in [5, 5.41) is 5.86. The highest BCUT2D eigenvalue weighted by atomic mass is 31.2. The van der Waals surface area contributed by atoms with Crippen molar-refractivity contribution < 1.29 is 37.7 Å². The summed E-state index contributed by atoms with van der Waals surface area (Å²) in [6.45, 7) is 14.5.